The second-order valence-corrected chi connectivity index (χ2v) is 7.41. The number of Topliss-reactive ketones (excluding diaryl/α,β-unsaturated/α-hetero) is 1. The Morgan fingerprint density at radius 2 is 1.69 bits per heavy atom. The molecule has 4 aromatic rings. The highest BCUT2D eigenvalue weighted by molar-refractivity contribution is 6.30. The number of esters is 1. The molecule has 0 aliphatic rings. The van der Waals surface area contributed by atoms with E-state index in [1.807, 2.05) is 31.2 Å². The van der Waals surface area contributed by atoms with Crippen molar-refractivity contribution in [2.75, 3.05) is 6.61 Å². The zero-order valence-corrected chi connectivity index (χ0v) is 17.7. The molecule has 0 aliphatic heterocycles. The maximum absolute atomic E-state index is 13.4. The summed E-state index contributed by atoms with van der Waals surface area (Å²) in [6.07, 6.45) is 0. The standard InChI is InChI=1S/C24H17ClFN3O3/c1-15-4-2-3-5-20(15)29-23(17-8-12-19(26)13-9-17)27-22(28-29)24(31)32-14-21(30)16-6-10-18(25)11-7-16/h2-13H,14H2,1H3. The molecule has 0 aliphatic carbocycles. The van der Waals surface area contributed by atoms with Crippen LogP contribution in [0.3, 0.4) is 0 Å². The summed E-state index contributed by atoms with van der Waals surface area (Å²) in [5.74, 6) is -1.49. The quantitative estimate of drug-likeness (QED) is 0.303. The van der Waals surface area contributed by atoms with E-state index in [4.69, 9.17) is 16.3 Å². The van der Waals surface area contributed by atoms with Gasteiger partial charge in [0.1, 0.15) is 5.82 Å². The third-order valence-corrected chi connectivity index (χ3v) is 4.99. The number of carbonyl (C=O) groups excluding carboxylic acids is 2. The van der Waals surface area contributed by atoms with E-state index in [2.05, 4.69) is 10.1 Å². The molecule has 8 heteroatoms. The SMILES string of the molecule is Cc1ccccc1-n1nc(C(=O)OCC(=O)c2ccc(Cl)cc2)nc1-c1ccc(F)cc1. The number of para-hydroxylation sites is 1. The van der Waals surface area contributed by atoms with Gasteiger partial charge in [0, 0.05) is 16.1 Å². The minimum absolute atomic E-state index is 0.212. The lowest BCUT2D eigenvalue weighted by Gasteiger charge is -2.08. The second kappa shape index (κ2) is 9.11. The predicted octanol–water partition coefficient (Wildman–Crippen LogP) is 5.07. The highest BCUT2D eigenvalue weighted by atomic mass is 35.5. The fourth-order valence-corrected chi connectivity index (χ4v) is 3.19. The summed E-state index contributed by atoms with van der Waals surface area (Å²) >= 11 is 5.83. The summed E-state index contributed by atoms with van der Waals surface area (Å²) in [4.78, 5) is 29.2. The fraction of sp³-hybridized carbons (Fsp3) is 0.0833. The van der Waals surface area contributed by atoms with Gasteiger partial charge in [0.15, 0.2) is 18.2 Å². The number of rotatable bonds is 6. The summed E-state index contributed by atoms with van der Waals surface area (Å²) < 4.78 is 20.0. The summed E-state index contributed by atoms with van der Waals surface area (Å²) in [5.41, 5.74) is 2.54. The molecule has 160 valence electrons. The van der Waals surface area contributed by atoms with Gasteiger partial charge >= 0.3 is 5.97 Å². The predicted molar refractivity (Wildman–Crippen MR) is 118 cm³/mol. The molecule has 6 nitrogen and oxygen atoms in total. The van der Waals surface area contributed by atoms with Crippen molar-refractivity contribution < 1.29 is 18.7 Å². The van der Waals surface area contributed by atoms with Crippen LogP contribution in [0.15, 0.2) is 72.8 Å². The van der Waals surface area contributed by atoms with Gasteiger partial charge < -0.3 is 4.74 Å². The summed E-state index contributed by atoms with van der Waals surface area (Å²) in [7, 11) is 0. The number of ether oxygens (including phenoxy) is 1. The maximum atomic E-state index is 13.4. The molecule has 0 saturated carbocycles. The first kappa shape index (κ1) is 21.4. The third kappa shape index (κ3) is 4.58. The zero-order valence-electron chi connectivity index (χ0n) is 17.0. The van der Waals surface area contributed by atoms with E-state index in [9.17, 15) is 14.0 Å². The number of benzene rings is 3. The average molecular weight is 450 g/mol. The highest BCUT2D eigenvalue weighted by Gasteiger charge is 2.22. The molecule has 0 N–H and O–H groups in total. The van der Waals surface area contributed by atoms with Crippen LogP contribution in [-0.4, -0.2) is 33.1 Å². The summed E-state index contributed by atoms with van der Waals surface area (Å²) in [6, 6.07) is 19.4. The first-order chi connectivity index (χ1) is 15.4. The number of nitrogens with zero attached hydrogens (tertiary/aromatic N) is 3. The van der Waals surface area contributed by atoms with Gasteiger partial charge in [0.05, 0.1) is 5.69 Å². The van der Waals surface area contributed by atoms with Crippen LogP contribution in [0.25, 0.3) is 17.1 Å². The molecular weight excluding hydrogens is 433 g/mol. The first-order valence-corrected chi connectivity index (χ1v) is 10.0. The number of carbonyl (C=O) groups is 2. The van der Waals surface area contributed by atoms with Gasteiger partial charge in [-0.3, -0.25) is 4.79 Å². The van der Waals surface area contributed by atoms with Crippen molar-refractivity contribution >= 4 is 23.4 Å². The smallest absolute Gasteiger partial charge is 0.378 e. The number of halogens is 2. The average Bonchev–Trinajstić information content (AvgIpc) is 3.24. The molecule has 0 spiro atoms. The van der Waals surface area contributed by atoms with Gasteiger partial charge in [-0.05, 0) is 67.1 Å². The van der Waals surface area contributed by atoms with Gasteiger partial charge in [-0.1, -0.05) is 29.8 Å². The van der Waals surface area contributed by atoms with E-state index in [-0.39, 0.29) is 11.6 Å². The molecule has 32 heavy (non-hydrogen) atoms. The highest BCUT2D eigenvalue weighted by Crippen LogP contribution is 2.23. The minimum Gasteiger partial charge on any atom is -0.451 e. The molecule has 0 atom stereocenters. The molecule has 0 bridgehead atoms. The molecule has 3 aromatic carbocycles. The Labute approximate surface area is 188 Å². The van der Waals surface area contributed by atoms with Crippen molar-refractivity contribution in [2.45, 2.75) is 6.92 Å². The number of aromatic nitrogens is 3. The molecule has 4 rings (SSSR count). The van der Waals surface area contributed by atoms with Gasteiger partial charge in [0.2, 0.25) is 0 Å². The molecule has 0 radical (unpaired) electrons. The zero-order chi connectivity index (χ0) is 22.7. The number of hydrogen-bond donors (Lipinski definition) is 0. The number of aryl methyl sites for hydroxylation is 1. The lowest BCUT2D eigenvalue weighted by Crippen LogP contribution is -2.15. The summed E-state index contributed by atoms with van der Waals surface area (Å²) in [6.45, 7) is 1.43. The largest absolute Gasteiger partial charge is 0.451 e. The van der Waals surface area contributed by atoms with Crippen LogP contribution in [0.1, 0.15) is 26.5 Å². The molecule has 1 aromatic heterocycles. The third-order valence-electron chi connectivity index (χ3n) is 4.74. The van der Waals surface area contributed by atoms with Crippen LogP contribution >= 0.6 is 11.6 Å². The van der Waals surface area contributed by atoms with Crippen molar-refractivity contribution in [3.8, 4) is 17.1 Å². The van der Waals surface area contributed by atoms with Crippen LogP contribution in [0.4, 0.5) is 4.39 Å². The normalized spacial score (nSPS) is 10.7. The van der Waals surface area contributed by atoms with Crippen molar-refractivity contribution in [2.24, 2.45) is 0 Å². The van der Waals surface area contributed by atoms with Crippen LogP contribution in [0.2, 0.25) is 5.02 Å². The Morgan fingerprint density at radius 1 is 1.00 bits per heavy atom. The first-order valence-electron chi connectivity index (χ1n) is 9.67. The Bertz CT molecular complexity index is 1280. The lowest BCUT2D eigenvalue weighted by molar-refractivity contribution is 0.0462. The maximum Gasteiger partial charge on any atom is 0.378 e. The Hall–Kier alpha value is -3.84. The number of hydrogen-bond acceptors (Lipinski definition) is 5. The van der Waals surface area contributed by atoms with E-state index in [1.165, 1.54) is 16.8 Å². The molecule has 0 fully saturated rings. The van der Waals surface area contributed by atoms with Gasteiger partial charge in [-0.25, -0.2) is 18.9 Å². The van der Waals surface area contributed by atoms with Gasteiger partial charge in [-0.2, -0.15) is 0 Å². The molecule has 0 amide bonds. The Morgan fingerprint density at radius 3 is 2.38 bits per heavy atom. The second-order valence-electron chi connectivity index (χ2n) is 6.97. The van der Waals surface area contributed by atoms with Crippen molar-refractivity contribution in [1.29, 1.82) is 0 Å². The summed E-state index contributed by atoms with van der Waals surface area (Å²) in [5, 5.41) is 4.81. The minimum atomic E-state index is -0.844. The molecular formula is C24H17ClFN3O3. The topological polar surface area (TPSA) is 74.1 Å². The van der Waals surface area contributed by atoms with Crippen molar-refractivity contribution in [3.63, 3.8) is 0 Å². The van der Waals surface area contributed by atoms with E-state index in [0.29, 0.717) is 27.7 Å². The molecule has 0 saturated heterocycles. The fourth-order valence-electron chi connectivity index (χ4n) is 3.07. The Kier molecular flexibility index (Phi) is 6.09. The monoisotopic (exact) mass is 449 g/mol. The van der Waals surface area contributed by atoms with Crippen molar-refractivity contribution in [3.05, 3.63) is 101 Å². The molecule has 0 unspecified atom stereocenters. The lowest BCUT2D eigenvalue weighted by atomic mass is 10.1. The van der Waals surface area contributed by atoms with E-state index in [0.717, 1.165) is 5.56 Å². The van der Waals surface area contributed by atoms with Gasteiger partial charge in [0.25, 0.3) is 5.82 Å². The van der Waals surface area contributed by atoms with E-state index in [1.54, 1.807) is 36.4 Å². The van der Waals surface area contributed by atoms with E-state index >= 15 is 0 Å². The molecule has 1 heterocycles. The van der Waals surface area contributed by atoms with Crippen LogP contribution in [0, 0.1) is 12.7 Å². The van der Waals surface area contributed by atoms with Crippen molar-refractivity contribution in [1.82, 2.24) is 14.8 Å². The van der Waals surface area contributed by atoms with Gasteiger partial charge in [-0.15, -0.1) is 5.10 Å². The number of ketones is 1. The van der Waals surface area contributed by atoms with Crippen LogP contribution < -0.4 is 0 Å². The van der Waals surface area contributed by atoms with E-state index < -0.39 is 18.4 Å². The Balaban J connectivity index is 1.62. The van der Waals surface area contributed by atoms with Crippen LogP contribution in [0.5, 0.6) is 0 Å². The van der Waals surface area contributed by atoms with Crippen LogP contribution in [-0.2, 0) is 4.74 Å².